The van der Waals surface area contributed by atoms with Crippen molar-refractivity contribution >= 4 is 28.3 Å². The zero-order valence-corrected chi connectivity index (χ0v) is 10.3. The number of aryl methyl sites for hydroxylation is 1. The minimum absolute atomic E-state index is 0.0123. The second kappa shape index (κ2) is 5.22. The van der Waals surface area contributed by atoms with Crippen LogP contribution in [0.15, 0.2) is 0 Å². The minimum Gasteiger partial charge on any atom is -0.355 e. The number of amides is 2. The topological polar surface area (TPSA) is 84.0 Å². The molecule has 0 saturated carbocycles. The van der Waals surface area contributed by atoms with E-state index >= 15 is 0 Å². The molecule has 1 saturated heterocycles. The second-order valence-corrected chi connectivity index (χ2v) is 4.95. The SMILES string of the molecule is CCc1nnc(NC(=O)C2CCC(=O)NC2)s1. The highest BCUT2D eigenvalue weighted by Crippen LogP contribution is 2.18. The number of hydrogen-bond donors (Lipinski definition) is 2. The van der Waals surface area contributed by atoms with E-state index in [2.05, 4.69) is 20.8 Å². The molecule has 2 amide bonds. The van der Waals surface area contributed by atoms with Crippen LogP contribution in [0.5, 0.6) is 0 Å². The number of nitrogens with zero attached hydrogens (tertiary/aromatic N) is 2. The molecule has 0 aliphatic carbocycles. The van der Waals surface area contributed by atoms with Gasteiger partial charge in [-0.15, -0.1) is 10.2 Å². The molecule has 1 atom stereocenters. The van der Waals surface area contributed by atoms with Crippen LogP contribution < -0.4 is 10.6 Å². The highest BCUT2D eigenvalue weighted by molar-refractivity contribution is 7.15. The zero-order valence-electron chi connectivity index (χ0n) is 9.52. The largest absolute Gasteiger partial charge is 0.355 e. The molecule has 7 heteroatoms. The van der Waals surface area contributed by atoms with Crippen molar-refractivity contribution < 1.29 is 9.59 Å². The Morgan fingerprint density at radius 3 is 3.00 bits per heavy atom. The van der Waals surface area contributed by atoms with E-state index in [1.807, 2.05) is 6.92 Å². The summed E-state index contributed by atoms with van der Waals surface area (Å²) < 4.78 is 0. The Kier molecular flexibility index (Phi) is 3.68. The Hall–Kier alpha value is -1.50. The van der Waals surface area contributed by atoms with Crippen molar-refractivity contribution in [3.05, 3.63) is 5.01 Å². The van der Waals surface area contributed by atoms with Crippen molar-refractivity contribution in [3.8, 4) is 0 Å². The predicted molar refractivity (Wildman–Crippen MR) is 63.7 cm³/mol. The Morgan fingerprint density at radius 2 is 2.41 bits per heavy atom. The number of hydrogen-bond acceptors (Lipinski definition) is 5. The van der Waals surface area contributed by atoms with Gasteiger partial charge >= 0.3 is 0 Å². The Morgan fingerprint density at radius 1 is 1.59 bits per heavy atom. The van der Waals surface area contributed by atoms with E-state index in [0.29, 0.717) is 24.5 Å². The second-order valence-electron chi connectivity index (χ2n) is 3.88. The Balaban J connectivity index is 1.90. The number of anilines is 1. The first-order valence-electron chi connectivity index (χ1n) is 5.59. The fourth-order valence-corrected chi connectivity index (χ4v) is 2.29. The molecule has 2 rings (SSSR count). The Labute approximate surface area is 103 Å². The van der Waals surface area contributed by atoms with E-state index in [9.17, 15) is 9.59 Å². The molecule has 0 bridgehead atoms. The van der Waals surface area contributed by atoms with Gasteiger partial charge in [0.05, 0.1) is 5.92 Å². The monoisotopic (exact) mass is 254 g/mol. The molecule has 17 heavy (non-hydrogen) atoms. The van der Waals surface area contributed by atoms with Crippen LogP contribution in [0.3, 0.4) is 0 Å². The van der Waals surface area contributed by atoms with E-state index in [-0.39, 0.29) is 17.7 Å². The summed E-state index contributed by atoms with van der Waals surface area (Å²) in [5.41, 5.74) is 0. The molecule has 1 aromatic rings. The van der Waals surface area contributed by atoms with Gasteiger partial charge in [0, 0.05) is 13.0 Å². The van der Waals surface area contributed by atoms with Gasteiger partial charge in [-0.25, -0.2) is 0 Å². The maximum absolute atomic E-state index is 11.8. The maximum atomic E-state index is 11.8. The van der Waals surface area contributed by atoms with E-state index in [0.717, 1.165) is 11.4 Å². The third-order valence-corrected chi connectivity index (χ3v) is 3.62. The lowest BCUT2D eigenvalue weighted by molar-refractivity contribution is -0.126. The number of carbonyl (C=O) groups excluding carboxylic acids is 2. The van der Waals surface area contributed by atoms with Gasteiger partial charge < -0.3 is 10.6 Å². The normalized spacial score (nSPS) is 19.8. The summed E-state index contributed by atoms with van der Waals surface area (Å²) in [6.45, 7) is 2.40. The average Bonchev–Trinajstić information content (AvgIpc) is 2.77. The molecule has 92 valence electrons. The molecule has 2 N–H and O–H groups in total. The number of aromatic nitrogens is 2. The highest BCUT2D eigenvalue weighted by Gasteiger charge is 2.25. The molecular weight excluding hydrogens is 240 g/mol. The van der Waals surface area contributed by atoms with E-state index < -0.39 is 0 Å². The van der Waals surface area contributed by atoms with Gasteiger partial charge in [0.1, 0.15) is 5.01 Å². The van der Waals surface area contributed by atoms with Crippen LogP contribution in [-0.4, -0.2) is 28.6 Å². The van der Waals surface area contributed by atoms with Gasteiger partial charge in [0.25, 0.3) is 0 Å². The van der Waals surface area contributed by atoms with E-state index in [1.54, 1.807) is 0 Å². The molecule has 1 aromatic heterocycles. The summed E-state index contributed by atoms with van der Waals surface area (Å²) >= 11 is 1.38. The molecule has 2 heterocycles. The van der Waals surface area contributed by atoms with Crippen LogP contribution >= 0.6 is 11.3 Å². The summed E-state index contributed by atoms with van der Waals surface area (Å²) in [7, 11) is 0. The molecular formula is C10H14N4O2S. The molecule has 0 spiro atoms. The first kappa shape index (κ1) is 12.0. The molecule has 0 aromatic carbocycles. The fourth-order valence-electron chi connectivity index (χ4n) is 1.61. The van der Waals surface area contributed by atoms with E-state index in [1.165, 1.54) is 11.3 Å². The maximum Gasteiger partial charge on any atom is 0.231 e. The van der Waals surface area contributed by atoms with Crippen molar-refractivity contribution in [3.63, 3.8) is 0 Å². The third kappa shape index (κ3) is 3.00. The Bertz CT molecular complexity index is 422. The van der Waals surface area contributed by atoms with Crippen molar-refractivity contribution in [1.29, 1.82) is 0 Å². The summed E-state index contributed by atoms with van der Waals surface area (Å²) in [4.78, 5) is 22.8. The van der Waals surface area contributed by atoms with Gasteiger partial charge in [0.2, 0.25) is 16.9 Å². The van der Waals surface area contributed by atoms with Crippen LogP contribution in [0.25, 0.3) is 0 Å². The number of rotatable bonds is 3. The molecule has 0 radical (unpaired) electrons. The molecule has 1 unspecified atom stereocenters. The van der Waals surface area contributed by atoms with Crippen molar-refractivity contribution in [2.45, 2.75) is 26.2 Å². The summed E-state index contributed by atoms with van der Waals surface area (Å²) in [5, 5.41) is 14.7. The van der Waals surface area contributed by atoms with Gasteiger partial charge in [-0.05, 0) is 12.8 Å². The fraction of sp³-hybridized carbons (Fsp3) is 0.600. The average molecular weight is 254 g/mol. The standard InChI is InChI=1S/C10H14N4O2S/c1-2-8-13-14-10(17-8)12-9(16)6-3-4-7(15)11-5-6/h6H,2-5H2,1H3,(H,11,15)(H,12,14,16). The predicted octanol–water partition coefficient (Wildman–Crippen LogP) is 0.565. The smallest absolute Gasteiger partial charge is 0.231 e. The number of piperidine rings is 1. The minimum atomic E-state index is -0.165. The van der Waals surface area contributed by atoms with Crippen molar-refractivity contribution in [1.82, 2.24) is 15.5 Å². The van der Waals surface area contributed by atoms with Gasteiger partial charge in [-0.1, -0.05) is 18.3 Å². The van der Waals surface area contributed by atoms with Gasteiger partial charge in [0.15, 0.2) is 0 Å². The number of carbonyl (C=O) groups is 2. The van der Waals surface area contributed by atoms with Crippen LogP contribution in [0.1, 0.15) is 24.8 Å². The zero-order chi connectivity index (χ0) is 12.3. The van der Waals surface area contributed by atoms with Crippen LogP contribution in [0.4, 0.5) is 5.13 Å². The van der Waals surface area contributed by atoms with E-state index in [4.69, 9.17) is 0 Å². The molecule has 1 aliphatic rings. The van der Waals surface area contributed by atoms with Gasteiger partial charge in [-0.2, -0.15) is 0 Å². The van der Waals surface area contributed by atoms with Crippen LogP contribution in [0.2, 0.25) is 0 Å². The summed E-state index contributed by atoms with van der Waals surface area (Å²) in [6, 6.07) is 0. The first-order valence-corrected chi connectivity index (χ1v) is 6.40. The molecule has 1 fully saturated rings. The molecule has 1 aliphatic heterocycles. The van der Waals surface area contributed by atoms with Crippen LogP contribution in [-0.2, 0) is 16.0 Å². The van der Waals surface area contributed by atoms with Gasteiger partial charge in [-0.3, -0.25) is 9.59 Å². The highest BCUT2D eigenvalue weighted by atomic mass is 32.1. The lowest BCUT2D eigenvalue weighted by atomic mass is 9.98. The lowest BCUT2D eigenvalue weighted by Gasteiger charge is -2.20. The third-order valence-electron chi connectivity index (χ3n) is 2.64. The summed E-state index contributed by atoms with van der Waals surface area (Å²) in [5.74, 6) is -0.247. The quantitative estimate of drug-likeness (QED) is 0.825. The lowest BCUT2D eigenvalue weighted by Crippen LogP contribution is -2.40. The van der Waals surface area contributed by atoms with Crippen molar-refractivity contribution in [2.24, 2.45) is 5.92 Å². The molecule has 6 nitrogen and oxygen atoms in total. The number of nitrogens with one attached hydrogen (secondary N) is 2. The van der Waals surface area contributed by atoms with Crippen LogP contribution in [0, 0.1) is 5.92 Å². The first-order chi connectivity index (χ1) is 8.19. The summed E-state index contributed by atoms with van der Waals surface area (Å²) in [6.07, 6.45) is 1.82. The van der Waals surface area contributed by atoms with Crippen molar-refractivity contribution in [2.75, 3.05) is 11.9 Å².